The predicted octanol–water partition coefficient (Wildman–Crippen LogP) is 3.59. The molecule has 2 aliphatic rings. The van der Waals surface area contributed by atoms with Crippen LogP contribution in [0.4, 0.5) is 4.79 Å². The van der Waals surface area contributed by atoms with Crippen LogP contribution in [0.5, 0.6) is 0 Å². The van der Waals surface area contributed by atoms with Crippen molar-refractivity contribution in [3.05, 3.63) is 35.4 Å². The van der Waals surface area contributed by atoms with Crippen LogP contribution >= 0.6 is 0 Å². The topological polar surface area (TPSA) is 69.2 Å². The van der Waals surface area contributed by atoms with Crippen LogP contribution in [0.3, 0.4) is 0 Å². The molecule has 0 aliphatic carbocycles. The minimum absolute atomic E-state index is 0.204. The third kappa shape index (κ3) is 7.69. The lowest BCUT2D eigenvalue weighted by Gasteiger charge is -2.32. The highest BCUT2D eigenvalue weighted by Gasteiger charge is 2.24. The van der Waals surface area contributed by atoms with Crippen molar-refractivity contribution in [3.63, 3.8) is 0 Å². The number of amides is 1. The van der Waals surface area contributed by atoms with E-state index in [1.165, 1.54) is 37.1 Å². The average Bonchev–Trinajstić information content (AvgIpc) is 2.79. The summed E-state index contributed by atoms with van der Waals surface area (Å²) in [7, 11) is 0. The van der Waals surface area contributed by atoms with Crippen LogP contribution in [0.2, 0.25) is 0 Å². The van der Waals surface area contributed by atoms with Crippen LogP contribution in [-0.2, 0) is 17.8 Å². The molecule has 3 rings (SSSR count). The van der Waals surface area contributed by atoms with Crippen LogP contribution in [0.1, 0.15) is 57.6 Å². The number of nitrogens with one attached hydrogen (secondary N) is 2. The Hall–Kier alpha value is -2.28. The Morgan fingerprint density at radius 2 is 1.81 bits per heavy atom. The zero-order valence-corrected chi connectivity index (χ0v) is 20.1. The van der Waals surface area contributed by atoms with Gasteiger partial charge in [0.2, 0.25) is 0 Å². The molecule has 1 amide bonds. The van der Waals surface area contributed by atoms with E-state index in [-0.39, 0.29) is 6.09 Å². The van der Waals surface area contributed by atoms with Gasteiger partial charge < -0.3 is 20.3 Å². The number of aliphatic imine (C=N–C) groups is 1. The Kier molecular flexibility index (Phi) is 9.65. The predicted molar refractivity (Wildman–Crippen MR) is 130 cm³/mol. The van der Waals surface area contributed by atoms with Gasteiger partial charge in [-0.3, -0.25) is 4.90 Å². The van der Waals surface area contributed by atoms with Crippen molar-refractivity contribution in [1.29, 1.82) is 0 Å². The number of piperidine rings is 2. The van der Waals surface area contributed by atoms with Gasteiger partial charge in [0.25, 0.3) is 0 Å². The zero-order chi connectivity index (χ0) is 22.8. The first kappa shape index (κ1) is 24.4. The molecule has 178 valence electrons. The van der Waals surface area contributed by atoms with Crippen molar-refractivity contribution in [2.24, 2.45) is 10.9 Å². The number of carbonyl (C=O) groups is 1. The molecule has 2 aliphatic heterocycles. The van der Waals surface area contributed by atoms with E-state index in [2.05, 4.69) is 53.6 Å². The molecular formula is C25H41N5O2. The summed E-state index contributed by atoms with van der Waals surface area (Å²) in [4.78, 5) is 21.0. The summed E-state index contributed by atoms with van der Waals surface area (Å²) in [5, 5.41) is 6.89. The fraction of sp³-hybridized carbons (Fsp3) is 0.680. The number of guanidine groups is 1. The summed E-state index contributed by atoms with van der Waals surface area (Å²) < 4.78 is 5.11. The maximum atomic E-state index is 11.9. The number of carbonyl (C=O) groups excluding carboxylic acids is 1. The van der Waals surface area contributed by atoms with Gasteiger partial charge >= 0.3 is 6.09 Å². The summed E-state index contributed by atoms with van der Waals surface area (Å²) in [6, 6.07) is 9.21. The Balaban J connectivity index is 1.47. The van der Waals surface area contributed by atoms with Crippen LogP contribution in [0, 0.1) is 5.92 Å². The van der Waals surface area contributed by atoms with Crippen LogP contribution in [0.15, 0.2) is 29.3 Å². The van der Waals surface area contributed by atoms with E-state index in [0.717, 1.165) is 37.8 Å². The molecule has 1 aromatic rings. The van der Waals surface area contributed by atoms with E-state index >= 15 is 0 Å². The molecule has 2 fully saturated rings. The number of hydrogen-bond acceptors (Lipinski definition) is 4. The first-order valence-electron chi connectivity index (χ1n) is 12.3. The lowest BCUT2D eigenvalue weighted by atomic mass is 9.99. The van der Waals surface area contributed by atoms with E-state index < -0.39 is 0 Å². The lowest BCUT2D eigenvalue weighted by molar-refractivity contribution is 0.0963. The van der Waals surface area contributed by atoms with Gasteiger partial charge in [0.05, 0.1) is 13.2 Å². The number of hydrogen-bond donors (Lipinski definition) is 2. The molecular weight excluding hydrogens is 402 g/mol. The highest BCUT2D eigenvalue weighted by molar-refractivity contribution is 5.80. The molecule has 7 heteroatoms. The van der Waals surface area contributed by atoms with Gasteiger partial charge in [-0.25, -0.2) is 9.79 Å². The van der Waals surface area contributed by atoms with Crippen molar-refractivity contribution < 1.29 is 9.53 Å². The van der Waals surface area contributed by atoms with E-state index in [1.54, 1.807) is 4.90 Å². The van der Waals surface area contributed by atoms with Gasteiger partial charge in [-0.1, -0.05) is 31.2 Å². The zero-order valence-electron chi connectivity index (χ0n) is 20.1. The Morgan fingerprint density at radius 1 is 1.09 bits per heavy atom. The molecule has 0 saturated carbocycles. The molecule has 2 N–H and O–H groups in total. The van der Waals surface area contributed by atoms with Crippen molar-refractivity contribution in [2.75, 3.05) is 39.3 Å². The summed E-state index contributed by atoms with van der Waals surface area (Å²) in [5.41, 5.74) is 2.60. The average molecular weight is 444 g/mol. The van der Waals surface area contributed by atoms with E-state index in [0.29, 0.717) is 32.3 Å². The molecule has 1 aromatic carbocycles. The van der Waals surface area contributed by atoms with Crippen molar-refractivity contribution in [1.82, 2.24) is 20.4 Å². The number of rotatable bonds is 7. The molecule has 0 radical (unpaired) electrons. The fourth-order valence-corrected chi connectivity index (χ4v) is 4.54. The first-order valence-corrected chi connectivity index (χ1v) is 12.3. The monoisotopic (exact) mass is 443 g/mol. The Morgan fingerprint density at radius 3 is 2.47 bits per heavy atom. The summed E-state index contributed by atoms with van der Waals surface area (Å²) in [6.45, 7) is 13.1. The normalized spacial score (nSPS) is 20.8. The third-order valence-corrected chi connectivity index (χ3v) is 6.30. The van der Waals surface area contributed by atoms with Gasteiger partial charge in [-0.15, -0.1) is 0 Å². The maximum Gasteiger partial charge on any atom is 0.409 e. The quantitative estimate of drug-likeness (QED) is 0.498. The molecule has 0 aromatic heterocycles. The molecule has 2 saturated heterocycles. The molecule has 1 atom stereocenters. The second kappa shape index (κ2) is 12.7. The maximum absolute atomic E-state index is 11.9. The molecule has 1 unspecified atom stereocenters. The van der Waals surface area contributed by atoms with Gasteiger partial charge in [-0.2, -0.15) is 0 Å². The second-order valence-electron chi connectivity index (χ2n) is 9.10. The minimum Gasteiger partial charge on any atom is -0.450 e. The van der Waals surface area contributed by atoms with Crippen LogP contribution < -0.4 is 10.6 Å². The van der Waals surface area contributed by atoms with Crippen molar-refractivity contribution in [2.45, 2.75) is 65.6 Å². The van der Waals surface area contributed by atoms with E-state index in [4.69, 9.17) is 9.73 Å². The fourth-order valence-electron chi connectivity index (χ4n) is 4.54. The highest BCUT2D eigenvalue weighted by atomic mass is 16.6. The Bertz CT molecular complexity index is 728. The number of benzene rings is 1. The van der Waals surface area contributed by atoms with Gasteiger partial charge in [0.1, 0.15) is 0 Å². The minimum atomic E-state index is -0.204. The van der Waals surface area contributed by atoms with Crippen LogP contribution in [0.25, 0.3) is 0 Å². The third-order valence-electron chi connectivity index (χ3n) is 6.30. The molecule has 0 spiro atoms. The van der Waals surface area contributed by atoms with E-state index in [1.807, 2.05) is 6.92 Å². The molecule has 32 heavy (non-hydrogen) atoms. The first-order chi connectivity index (χ1) is 15.6. The van der Waals surface area contributed by atoms with Crippen molar-refractivity contribution >= 4 is 12.1 Å². The largest absolute Gasteiger partial charge is 0.450 e. The number of nitrogens with zero attached hydrogens (tertiary/aromatic N) is 3. The summed E-state index contributed by atoms with van der Waals surface area (Å²) in [6.07, 6.45) is 4.26. The van der Waals surface area contributed by atoms with Gasteiger partial charge in [0.15, 0.2) is 5.96 Å². The summed E-state index contributed by atoms with van der Waals surface area (Å²) in [5.74, 6) is 1.65. The van der Waals surface area contributed by atoms with Gasteiger partial charge in [0, 0.05) is 38.8 Å². The highest BCUT2D eigenvalue weighted by Crippen LogP contribution is 2.18. The Labute approximate surface area is 193 Å². The standard InChI is InChI=1S/C25H41N5O2/c1-4-26-24(28-23-12-15-30(16-13-23)25(31)32-5-2)27-17-21-8-10-22(11-9-21)19-29-14-6-7-20(3)18-29/h8-11,20,23H,4-7,12-19H2,1-3H3,(H2,26,27,28). The SMILES string of the molecule is CCNC(=NCc1ccc(CN2CCCC(C)C2)cc1)NC1CCN(C(=O)OCC)CC1. The van der Waals surface area contributed by atoms with E-state index in [9.17, 15) is 4.79 Å². The number of likely N-dealkylation sites (tertiary alicyclic amines) is 2. The van der Waals surface area contributed by atoms with Gasteiger partial charge in [-0.05, 0) is 63.1 Å². The lowest BCUT2D eigenvalue weighted by Crippen LogP contribution is -2.49. The molecule has 0 bridgehead atoms. The van der Waals surface area contributed by atoms with Crippen LogP contribution in [-0.4, -0.2) is 67.2 Å². The molecule has 7 nitrogen and oxygen atoms in total. The smallest absolute Gasteiger partial charge is 0.409 e. The number of ether oxygens (including phenoxy) is 1. The second-order valence-corrected chi connectivity index (χ2v) is 9.10. The molecule has 2 heterocycles. The van der Waals surface area contributed by atoms with Crippen molar-refractivity contribution in [3.8, 4) is 0 Å². The summed E-state index contributed by atoms with van der Waals surface area (Å²) >= 11 is 0.